The third-order valence-electron chi connectivity index (χ3n) is 2.66. The number of hydrogen-bond acceptors (Lipinski definition) is 4. The lowest BCUT2D eigenvalue weighted by Gasteiger charge is -2.15. The molecule has 1 aromatic heterocycles. The fourth-order valence-electron chi connectivity index (χ4n) is 1.60. The largest absolute Gasteiger partial charge is 0.508 e. The van der Waals surface area contributed by atoms with Gasteiger partial charge in [-0.05, 0) is 24.0 Å². The number of nitrogens with zero attached hydrogens (tertiary/aromatic N) is 2. The maximum Gasteiger partial charge on any atom is 0.226 e. The molecule has 0 aliphatic carbocycles. The Morgan fingerprint density at radius 1 is 1.28 bits per heavy atom. The molecule has 1 heterocycles. The van der Waals surface area contributed by atoms with Crippen molar-refractivity contribution in [1.29, 1.82) is 0 Å². The van der Waals surface area contributed by atoms with E-state index >= 15 is 0 Å². The molecular formula is C14H18N2O2. The molecule has 0 aliphatic heterocycles. The Hall–Kier alpha value is -1.84. The molecule has 0 bridgehead atoms. The van der Waals surface area contributed by atoms with Crippen LogP contribution in [0.4, 0.5) is 0 Å². The predicted molar refractivity (Wildman–Crippen MR) is 69.2 cm³/mol. The molecule has 0 saturated heterocycles. The van der Waals surface area contributed by atoms with Crippen molar-refractivity contribution < 1.29 is 9.63 Å². The quantitative estimate of drug-likeness (QED) is 0.901. The third kappa shape index (κ3) is 3.32. The first-order chi connectivity index (χ1) is 8.44. The summed E-state index contributed by atoms with van der Waals surface area (Å²) >= 11 is 0. The first-order valence-electron chi connectivity index (χ1n) is 6.06. The fourth-order valence-corrected chi connectivity index (χ4v) is 1.60. The van der Waals surface area contributed by atoms with E-state index in [0.717, 1.165) is 18.4 Å². The Balaban J connectivity index is 2.11. The van der Waals surface area contributed by atoms with Crippen LogP contribution in [0.3, 0.4) is 0 Å². The van der Waals surface area contributed by atoms with Gasteiger partial charge in [0.1, 0.15) is 5.75 Å². The van der Waals surface area contributed by atoms with Crippen LogP contribution in [-0.2, 0) is 6.42 Å². The molecule has 0 unspecified atom stereocenters. The zero-order valence-corrected chi connectivity index (χ0v) is 11.0. The van der Waals surface area contributed by atoms with E-state index in [1.807, 2.05) is 6.07 Å². The number of phenols is 1. The minimum absolute atomic E-state index is 0.202. The Kier molecular flexibility index (Phi) is 3.36. The second-order valence-electron chi connectivity index (χ2n) is 5.62. The standard InChI is InChI=1S/C14H18N2O2/c1-14(2,3)8-7-12-15-13(16-18-12)10-5-4-6-11(17)9-10/h4-6,9,17H,7-8H2,1-3H3. The summed E-state index contributed by atoms with van der Waals surface area (Å²) in [5.41, 5.74) is 1.01. The number of rotatable bonds is 3. The highest BCUT2D eigenvalue weighted by Crippen LogP contribution is 2.23. The van der Waals surface area contributed by atoms with Crippen LogP contribution in [0.1, 0.15) is 33.1 Å². The van der Waals surface area contributed by atoms with Gasteiger partial charge in [-0.2, -0.15) is 4.98 Å². The summed E-state index contributed by atoms with van der Waals surface area (Å²) in [6.07, 6.45) is 1.77. The molecule has 0 fully saturated rings. The molecule has 1 aromatic carbocycles. The average molecular weight is 246 g/mol. The van der Waals surface area contributed by atoms with Crippen molar-refractivity contribution in [2.24, 2.45) is 5.41 Å². The first-order valence-corrected chi connectivity index (χ1v) is 6.06. The van der Waals surface area contributed by atoms with Gasteiger partial charge >= 0.3 is 0 Å². The molecule has 96 valence electrons. The molecule has 0 spiro atoms. The number of phenolic OH excluding ortho intramolecular Hbond substituents is 1. The minimum Gasteiger partial charge on any atom is -0.508 e. The lowest BCUT2D eigenvalue weighted by Crippen LogP contribution is -2.06. The third-order valence-corrected chi connectivity index (χ3v) is 2.66. The van der Waals surface area contributed by atoms with Gasteiger partial charge in [-0.15, -0.1) is 0 Å². The highest BCUT2D eigenvalue weighted by atomic mass is 16.5. The molecule has 4 nitrogen and oxygen atoms in total. The average Bonchev–Trinajstić information content (AvgIpc) is 2.74. The van der Waals surface area contributed by atoms with Crippen LogP contribution in [0.15, 0.2) is 28.8 Å². The molecular weight excluding hydrogens is 228 g/mol. The number of benzene rings is 1. The highest BCUT2D eigenvalue weighted by molar-refractivity contribution is 5.56. The van der Waals surface area contributed by atoms with Crippen LogP contribution in [0.25, 0.3) is 11.4 Å². The van der Waals surface area contributed by atoms with Gasteiger partial charge < -0.3 is 9.63 Å². The van der Waals surface area contributed by atoms with Crippen LogP contribution in [0, 0.1) is 5.41 Å². The van der Waals surface area contributed by atoms with Crippen molar-refractivity contribution in [3.05, 3.63) is 30.2 Å². The summed E-state index contributed by atoms with van der Waals surface area (Å²) in [5.74, 6) is 1.37. The molecule has 0 aliphatic rings. The van der Waals surface area contributed by atoms with Crippen LogP contribution >= 0.6 is 0 Å². The van der Waals surface area contributed by atoms with E-state index in [4.69, 9.17) is 4.52 Å². The molecule has 0 radical (unpaired) electrons. The molecule has 0 amide bonds. The zero-order chi connectivity index (χ0) is 13.2. The second kappa shape index (κ2) is 4.80. The molecule has 18 heavy (non-hydrogen) atoms. The van der Waals surface area contributed by atoms with Crippen molar-refractivity contribution in [3.63, 3.8) is 0 Å². The van der Waals surface area contributed by atoms with Gasteiger partial charge in [-0.3, -0.25) is 0 Å². The van der Waals surface area contributed by atoms with E-state index in [9.17, 15) is 5.11 Å². The number of aryl methyl sites for hydroxylation is 1. The van der Waals surface area contributed by atoms with Gasteiger partial charge in [0.2, 0.25) is 11.7 Å². The van der Waals surface area contributed by atoms with E-state index in [1.165, 1.54) is 0 Å². The summed E-state index contributed by atoms with van der Waals surface area (Å²) < 4.78 is 5.21. The van der Waals surface area contributed by atoms with E-state index < -0.39 is 0 Å². The van der Waals surface area contributed by atoms with Crippen LogP contribution < -0.4 is 0 Å². The van der Waals surface area contributed by atoms with Crippen molar-refractivity contribution in [3.8, 4) is 17.1 Å². The second-order valence-corrected chi connectivity index (χ2v) is 5.62. The molecule has 2 rings (SSSR count). The summed E-state index contributed by atoms with van der Waals surface area (Å²) in [4.78, 5) is 4.34. The zero-order valence-electron chi connectivity index (χ0n) is 11.0. The molecule has 0 saturated carbocycles. The van der Waals surface area contributed by atoms with Gasteiger partial charge in [0, 0.05) is 12.0 Å². The Morgan fingerprint density at radius 2 is 2.06 bits per heavy atom. The van der Waals surface area contributed by atoms with Gasteiger partial charge in [0.25, 0.3) is 0 Å². The Bertz CT molecular complexity index is 527. The van der Waals surface area contributed by atoms with E-state index in [-0.39, 0.29) is 11.2 Å². The Labute approximate surface area is 107 Å². The van der Waals surface area contributed by atoms with Crippen molar-refractivity contribution >= 4 is 0 Å². The smallest absolute Gasteiger partial charge is 0.226 e. The predicted octanol–water partition coefficient (Wildman–Crippen LogP) is 3.42. The summed E-state index contributed by atoms with van der Waals surface area (Å²) in [6.45, 7) is 6.54. The molecule has 2 aromatic rings. The molecule has 1 N–H and O–H groups in total. The SMILES string of the molecule is CC(C)(C)CCc1nc(-c2cccc(O)c2)no1. The number of hydrogen-bond donors (Lipinski definition) is 1. The minimum atomic E-state index is 0.202. The summed E-state index contributed by atoms with van der Waals surface area (Å²) in [6, 6.07) is 6.84. The maximum absolute atomic E-state index is 9.41. The van der Waals surface area contributed by atoms with Crippen LogP contribution in [0.5, 0.6) is 5.75 Å². The fraction of sp³-hybridized carbons (Fsp3) is 0.429. The van der Waals surface area contributed by atoms with E-state index in [0.29, 0.717) is 11.7 Å². The van der Waals surface area contributed by atoms with Gasteiger partial charge in [-0.1, -0.05) is 38.1 Å². The van der Waals surface area contributed by atoms with Gasteiger partial charge in [0.15, 0.2) is 0 Å². The monoisotopic (exact) mass is 246 g/mol. The summed E-state index contributed by atoms with van der Waals surface area (Å²) in [5, 5.41) is 13.3. The lowest BCUT2D eigenvalue weighted by atomic mass is 9.91. The van der Waals surface area contributed by atoms with Gasteiger partial charge in [-0.25, -0.2) is 0 Å². The van der Waals surface area contributed by atoms with Crippen LogP contribution in [-0.4, -0.2) is 15.2 Å². The van der Waals surface area contributed by atoms with E-state index in [2.05, 4.69) is 30.9 Å². The van der Waals surface area contributed by atoms with Crippen molar-refractivity contribution in [2.45, 2.75) is 33.6 Å². The first kappa shape index (κ1) is 12.6. The molecule has 0 atom stereocenters. The topological polar surface area (TPSA) is 59.2 Å². The van der Waals surface area contributed by atoms with E-state index in [1.54, 1.807) is 18.2 Å². The molecule has 4 heteroatoms. The Morgan fingerprint density at radius 3 is 2.72 bits per heavy atom. The maximum atomic E-state index is 9.41. The number of aromatic nitrogens is 2. The summed E-state index contributed by atoms with van der Waals surface area (Å²) in [7, 11) is 0. The van der Waals surface area contributed by atoms with Gasteiger partial charge in [0.05, 0.1) is 0 Å². The normalized spacial score (nSPS) is 11.7. The van der Waals surface area contributed by atoms with Crippen LogP contribution in [0.2, 0.25) is 0 Å². The lowest BCUT2D eigenvalue weighted by molar-refractivity contribution is 0.327. The number of aromatic hydroxyl groups is 1. The van der Waals surface area contributed by atoms with Crippen molar-refractivity contribution in [2.75, 3.05) is 0 Å². The highest BCUT2D eigenvalue weighted by Gasteiger charge is 2.14. The van der Waals surface area contributed by atoms with Crippen molar-refractivity contribution in [1.82, 2.24) is 10.1 Å².